The van der Waals surface area contributed by atoms with E-state index in [0.29, 0.717) is 5.69 Å². The van der Waals surface area contributed by atoms with Crippen molar-refractivity contribution >= 4 is 17.5 Å². The maximum absolute atomic E-state index is 14.1. The van der Waals surface area contributed by atoms with Gasteiger partial charge >= 0.3 is 0 Å². The smallest absolute Gasteiger partial charge is 0.231 e. The van der Waals surface area contributed by atoms with Gasteiger partial charge in [-0.2, -0.15) is 0 Å². The average Bonchev–Trinajstić information content (AvgIpc) is 3.45. The summed E-state index contributed by atoms with van der Waals surface area (Å²) in [5.74, 6) is -2.27. The molecule has 2 amide bonds. The molecule has 1 aliphatic carbocycles. The van der Waals surface area contributed by atoms with Crippen LogP contribution >= 0.6 is 0 Å². The van der Waals surface area contributed by atoms with E-state index in [-0.39, 0.29) is 36.4 Å². The monoisotopic (exact) mass is 356 g/mol. The van der Waals surface area contributed by atoms with E-state index in [1.165, 1.54) is 12.1 Å². The fourth-order valence-electron chi connectivity index (χ4n) is 3.44. The molecule has 4 rings (SSSR count). The summed E-state index contributed by atoms with van der Waals surface area (Å²) in [4.78, 5) is 26.9. The van der Waals surface area contributed by atoms with Crippen molar-refractivity contribution in [3.05, 3.63) is 65.2 Å². The Morgan fingerprint density at radius 3 is 2.65 bits per heavy atom. The minimum atomic E-state index is -0.662. The van der Waals surface area contributed by atoms with Crippen molar-refractivity contribution in [3.8, 4) is 0 Å². The molecule has 2 aliphatic rings. The fourth-order valence-corrected chi connectivity index (χ4v) is 3.44. The van der Waals surface area contributed by atoms with E-state index >= 15 is 0 Å². The van der Waals surface area contributed by atoms with Gasteiger partial charge in [0.1, 0.15) is 11.6 Å². The lowest BCUT2D eigenvalue weighted by Gasteiger charge is -2.31. The molecule has 26 heavy (non-hydrogen) atoms. The van der Waals surface area contributed by atoms with Crippen molar-refractivity contribution < 1.29 is 18.4 Å². The second-order valence-electron chi connectivity index (χ2n) is 6.83. The molecule has 1 aliphatic heterocycles. The molecule has 1 N–H and O–H groups in total. The summed E-state index contributed by atoms with van der Waals surface area (Å²) >= 11 is 0. The summed E-state index contributed by atoms with van der Waals surface area (Å²) in [5.41, 5.74) is 1.70. The van der Waals surface area contributed by atoms with Crippen LogP contribution in [0.4, 0.5) is 14.5 Å². The largest absolute Gasteiger partial charge is 0.335 e. The molecule has 1 fully saturated rings. The lowest BCUT2D eigenvalue weighted by molar-refractivity contribution is -0.136. The van der Waals surface area contributed by atoms with Gasteiger partial charge in [-0.1, -0.05) is 24.3 Å². The van der Waals surface area contributed by atoms with Gasteiger partial charge in [-0.25, -0.2) is 8.78 Å². The molecule has 2 aromatic carbocycles. The number of fused-ring (bicyclic) bond motifs is 1. The number of amides is 2. The lowest BCUT2D eigenvalue weighted by atomic mass is 9.89. The molecular formula is C20H18F2N2O2. The Kier molecular flexibility index (Phi) is 4.18. The SMILES string of the molecule is O=C1CC(C(=O)N(Cc2ccc(F)cc2F)C2CC2)c2ccccc2N1. The number of carbonyl (C=O) groups is 2. The molecule has 6 heteroatoms. The van der Waals surface area contributed by atoms with Gasteiger partial charge in [0.25, 0.3) is 0 Å². The number of carbonyl (C=O) groups excluding carboxylic acids is 2. The van der Waals surface area contributed by atoms with Crippen molar-refractivity contribution in [2.24, 2.45) is 0 Å². The van der Waals surface area contributed by atoms with Crippen LogP contribution in [0.1, 0.15) is 36.3 Å². The molecule has 2 aromatic rings. The quantitative estimate of drug-likeness (QED) is 0.910. The van der Waals surface area contributed by atoms with Crippen molar-refractivity contribution in [2.75, 3.05) is 5.32 Å². The molecular weight excluding hydrogens is 338 g/mol. The third-order valence-corrected chi connectivity index (χ3v) is 4.92. The molecule has 0 spiro atoms. The maximum Gasteiger partial charge on any atom is 0.231 e. The topological polar surface area (TPSA) is 49.4 Å². The first kappa shape index (κ1) is 16.7. The summed E-state index contributed by atoms with van der Waals surface area (Å²) in [7, 11) is 0. The van der Waals surface area contributed by atoms with Crippen molar-refractivity contribution in [3.63, 3.8) is 0 Å². The zero-order chi connectivity index (χ0) is 18.3. The van der Waals surface area contributed by atoms with Gasteiger partial charge in [-0.05, 0) is 30.5 Å². The summed E-state index contributed by atoms with van der Waals surface area (Å²) in [5, 5.41) is 2.78. The molecule has 4 nitrogen and oxygen atoms in total. The Labute approximate surface area is 149 Å². The van der Waals surface area contributed by atoms with Crippen LogP contribution in [0.15, 0.2) is 42.5 Å². The van der Waals surface area contributed by atoms with Gasteiger partial charge in [0.05, 0.1) is 5.92 Å². The Morgan fingerprint density at radius 1 is 1.15 bits per heavy atom. The van der Waals surface area contributed by atoms with Crippen LogP contribution in [-0.4, -0.2) is 22.8 Å². The minimum Gasteiger partial charge on any atom is -0.335 e. The third kappa shape index (κ3) is 3.19. The molecule has 1 saturated carbocycles. The fraction of sp³-hybridized carbons (Fsp3) is 0.300. The molecule has 0 radical (unpaired) electrons. The highest BCUT2D eigenvalue weighted by molar-refractivity contribution is 6.01. The second kappa shape index (κ2) is 6.52. The van der Waals surface area contributed by atoms with Crippen LogP contribution in [0.25, 0.3) is 0 Å². The Bertz CT molecular complexity index is 880. The summed E-state index contributed by atoms with van der Waals surface area (Å²) in [6.07, 6.45) is 1.79. The van der Waals surface area contributed by atoms with E-state index in [1.807, 2.05) is 12.1 Å². The second-order valence-corrected chi connectivity index (χ2v) is 6.83. The number of para-hydroxylation sites is 1. The third-order valence-electron chi connectivity index (χ3n) is 4.92. The van der Waals surface area contributed by atoms with Gasteiger partial charge in [0.2, 0.25) is 11.8 Å². The number of anilines is 1. The minimum absolute atomic E-state index is 0.0455. The number of halogens is 2. The predicted octanol–water partition coefficient (Wildman–Crippen LogP) is 3.58. The molecule has 0 bridgehead atoms. The van der Waals surface area contributed by atoms with Crippen molar-refractivity contribution in [2.45, 2.75) is 37.8 Å². The highest BCUT2D eigenvalue weighted by Gasteiger charge is 2.39. The van der Waals surface area contributed by atoms with Gasteiger partial charge in [-0.15, -0.1) is 0 Å². The zero-order valence-electron chi connectivity index (χ0n) is 14.0. The van der Waals surface area contributed by atoms with Gasteiger partial charge in [-0.3, -0.25) is 9.59 Å². The van der Waals surface area contributed by atoms with Crippen LogP contribution in [0.3, 0.4) is 0 Å². The lowest BCUT2D eigenvalue weighted by Crippen LogP contribution is -2.39. The van der Waals surface area contributed by atoms with E-state index in [0.717, 1.165) is 24.5 Å². The highest BCUT2D eigenvalue weighted by Crippen LogP contribution is 2.37. The number of nitrogens with one attached hydrogen (secondary N) is 1. The molecule has 0 aromatic heterocycles. The highest BCUT2D eigenvalue weighted by atomic mass is 19.1. The summed E-state index contributed by atoms with van der Waals surface area (Å²) in [6, 6.07) is 10.7. The van der Waals surface area contributed by atoms with E-state index in [9.17, 15) is 18.4 Å². The van der Waals surface area contributed by atoms with Crippen LogP contribution in [0, 0.1) is 11.6 Å². The van der Waals surface area contributed by atoms with Gasteiger partial charge < -0.3 is 10.2 Å². The maximum atomic E-state index is 14.1. The average molecular weight is 356 g/mol. The van der Waals surface area contributed by atoms with Crippen LogP contribution < -0.4 is 5.32 Å². The molecule has 0 saturated heterocycles. The molecule has 1 unspecified atom stereocenters. The van der Waals surface area contributed by atoms with E-state index < -0.39 is 17.6 Å². The number of benzene rings is 2. The van der Waals surface area contributed by atoms with Crippen LogP contribution in [0.2, 0.25) is 0 Å². The van der Waals surface area contributed by atoms with Gasteiger partial charge in [0, 0.05) is 36.3 Å². The molecule has 1 heterocycles. The number of rotatable bonds is 4. The normalized spacial score (nSPS) is 18.8. The van der Waals surface area contributed by atoms with E-state index in [4.69, 9.17) is 0 Å². The Morgan fingerprint density at radius 2 is 1.92 bits per heavy atom. The van der Waals surface area contributed by atoms with E-state index in [2.05, 4.69) is 5.32 Å². The van der Waals surface area contributed by atoms with Crippen LogP contribution in [0.5, 0.6) is 0 Å². The number of hydrogen-bond acceptors (Lipinski definition) is 2. The first-order valence-electron chi connectivity index (χ1n) is 8.66. The standard InChI is InChI=1S/C20H18F2N2O2/c21-13-6-5-12(17(22)9-13)11-24(14-7-8-14)20(26)16-10-19(25)23-18-4-2-1-3-15(16)18/h1-6,9,14,16H,7-8,10-11H2,(H,23,25). The van der Waals surface area contributed by atoms with Crippen molar-refractivity contribution in [1.29, 1.82) is 0 Å². The Hall–Kier alpha value is -2.76. The summed E-state index contributed by atoms with van der Waals surface area (Å²) in [6.45, 7) is 0.0793. The van der Waals surface area contributed by atoms with E-state index in [1.54, 1.807) is 17.0 Å². The summed E-state index contributed by atoms with van der Waals surface area (Å²) < 4.78 is 27.2. The first-order chi connectivity index (χ1) is 12.5. The van der Waals surface area contributed by atoms with Crippen molar-refractivity contribution in [1.82, 2.24) is 4.90 Å². The zero-order valence-corrected chi connectivity index (χ0v) is 14.0. The van der Waals surface area contributed by atoms with Gasteiger partial charge in [0.15, 0.2) is 0 Å². The number of nitrogens with zero attached hydrogens (tertiary/aromatic N) is 1. The predicted molar refractivity (Wildman–Crippen MR) is 92.4 cm³/mol. The molecule has 134 valence electrons. The number of hydrogen-bond donors (Lipinski definition) is 1. The first-order valence-corrected chi connectivity index (χ1v) is 8.66. The molecule has 1 atom stereocenters. The van der Waals surface area contributed by atoms with Crippen LogP contribution in [-0.2, 0) is 16.1 Å². The Balaban J connectivity index is 1.63.